The molecule has 1 unspecified atom stereocenters. The number of furan rings is 1. The zero-order valence-corrected chi connectivity index (χ0v) is 16.5. The summed E-state index contributed by atoms with van der Waals surface area (Å²) in [4.78, 5) is 21.5. The molecular formula is C22H25NO6. The normalized spacial score (nSPS) is 19.9. The van der Waals surface area contributed by atoms with Crippen LogP contribution in [-0.2, 0) is 21.4 Å². The number of carboxylic acid groups (broad SMARTS) is 2. The van der Waals surface area contributed by atoms with Gasteiger partial charge in [0, 0.05) is 30.2 Å². The lowest BCUT2D eigenvalue weighted by Crippen LogP contribution is -2.39. The van der Waals surface area contributed by atoms with Crippen LogP contribution in [-0.4, -0.2) is 45.8 Å². The van der Waals surface area contributed by atoms with Crippen LogP contribution in [0.5, 0.6) is 5.75 Å². The van der Waals surface area contributed by atoms with Gasteiger partial charge in [-0.15, -0.1) is 0 Å². The molecule has 7 nitrogen and oxygen atoms in total. The Hall–Kier alpha value is -3.06. The Labute approximate surface area is 168 Å². The number of likely N-dealkylation sites (N-methyl/N-ethyl adjacent to an activating group) is 1. The van der Waals surface area contributed by atoms with Crippen molar-refractivity contribution in [2.75, 3.05) is 13.6 Å². The average molecular weight is 399 g/mol. The average Bonchev–Trinajstić information content (AvgIpc) is 3.25. The van der Waals surface area contributed by atoms with Crippen LogP contribution in [0.25, 0.3) is 0 Å². The molecule has 1 aromatic heterocycles. The Morgan fingerprint density at radius 2 is 1.86 bits per heavy atom. The van der Waals surface area contributed by atoms with E-state index < -0.39 is 11.9 Å². The Morgan fingerprint density at radius 1 is 1.21 bits per heavy atom. The highest BCUT2D eigenvalue weighted by Crippen LogP contribution is 2.60. The number of hydrogen-bond acceptors (Lipinski definition) is 5. The first kappa shape index (κ1) is 20.7. The second kappa shape index (κ2) is 8.13. The van der Waals surface area contributed by atoms with E-state index in [1.54, 1.807) is 6.26 Å². The lowest BCUT2D eigenvalue weighted by Gasteiger charge is -2.39. The Morgan fingerprint density at radius 3 is 2.38 bits per heavy atom. The first-order chi connectivity index (χ1) is 13.7. The van der Waals surface area contributed by atoms with E-state index in [2.05, 4.69) is 24.1 Å². The van der Waals surface area contributed by atoms with Gasteiger partial charge in [0.05, 0.1) is 6.26 Å². The summed E-state index contributed by atoms with van der Waals surface area (Å²) in [7, 11) is 2.19. The third-order valence-electron chi connectivity index (χ3n) is 5.62. The highest BCUT2D eigenvalue weighted by molar-refractivity contribution is 5.89. The van der Waals surface area contributed by atoms with Gasteiger partial charge in [-0.05, 0) is 68.1 Å². The fourth-order valence-electron chi connectivity index (χ4n) is 4.12. The van der Waals surface area contributed by atoms with Crippen molar-refractivity contribution >= 4 is 11.9 Å². The van der Waals surface area contributed by atoms with Crippen molar-refractivity contribution in [1.82, 2.24) is 4.90 Å². The van der Waals surface area contributed by atoms with Crippen molar-refractivity contribution in [1.29, 1.82) is 0 Å². The molecule has 1 aliphatic carbocycles. The Kier molecular flexibility index (Phi) is 5.79. The predicted octanol–water partition coefficient (Wildman–Crippen LogP) is 3.27. The van der Waals surface area contributed by atoms with Crippen molar-refractivity contribution in [2.24, 2.45) is 0 Å². The SMILES string of the molecule is Cc1cc2c(cc1O)C(C1(c3ccco3)CC1)N(C)CC2.O=C(O)/C=C\C(=O)O. The van der Waals surface area contributed by atoms with Crippen molar-refractivity contribution in [3.05, 3.63) is 65.1 Å². The molecule has 0 amide bonds. The smallest absolute Gasteiger partial charge is 0.328 e. The lowest BCUT2D eigenvalue weighted by atomic mass is 9.80. The number of aryl methyl sites for hydroxylation is 1. The third-order valence-corrected chi connectivity index (χ3v) is 5.62. The summed E-state index contributed by atoms with van der Waals surface area (Å²) < 4.78 is 5.74. The van der Waals surface area contributed by atoms with Gasteiger partial charge in [-0.2, -0.15) is 0 Å². The number of aromatic hydroxyl groups is 1. The number of aliphatic carboxylic acids is 2. The molecule has 3 N–H and O–H groups in total. The van der Waals surface area contributed by atoms with Gasteiger partial charge in [0.1, 0.15) is 11.5 Å². The van der Waals surface area contributed by atoms with Crippen LogP contribution >= 0.6 is 0 Å². The van der Waals surface area contributed by atoms with E-state index in [0.717, 1.165) is 37.1 Å². The molecule has 0 radical (unpaired) electrons. The van der Waals surface area contributed by atoms with E-state index in [4.69, 9.17) is 14.6 Å². The number of rotatable bonds is 4. The molecule has 0 bridgehead atoms. The Balaban J connectivity index is 0.000000258. The van der Waals surface area contributed by atoms with Crippen LogP contribution in [0.2, 0.25) is 0 Å². The molecule has 2 aromatic rings. The van der Waals surface area contributed by atoms with Gasteiger partial charge in [-0.3, -0.25) is 4.90 Å². The highest BCUT2D eigenvalue weighted by atomic mass is 16.4. The van der Waals surface area contributed by atoms with Gasteiger partial charge in [-0.25, -0.2) is 9.59 Å². The molecule has 0 saturated heterocycles. The summed E-state index contributed by atoms with van der Waals surface area (Å²) in [6, 6.07) is 8.52. The second-order valence-corrected chi connectivity index (χ2v) is 7.61. The van der Waals surface area contributed by atoms with E-state index >= 15 is 0 Å². The zero-order chi connectivity index (χ0) is 21.2. The second-order valence-electron chi connectivity index (χ2n) is 7.61. The predicted molar refractivity (Wildman–Crippen MR) is 106 cm³/mol. The van der Waals surface area contributed by atoms with Crippen molar-refractivity contribution < 1.29 is 29.3 Å². The zero-order valence-electron chi connectivity index (χ0n) is 16.5. The Bertz CT molecular complexity index is 911. The number of carbonyl (C=O) groups is 2. The summed E-state index contributed by atoms with van der Waals surface area (Å²) in [5, 5.41) is 25.8. The van der Waals surface area contributed by atoms with Gasteiger partial charge in [0.15, 0.2) is 0 Å². The molecule has 0 spiro atoms. The number of carboxylic acids is 2. The van der Waals surface area contributed by atoms with E-state index in [9.17, 15) is 14.7 Å². The van der Waals surface area contributed by atoms with Crippen LogP contribution in [0, 0.1) is 6.92 Å². The third kappa shape index (κ3) is 4.35. The van der Waals surface area contributed by atoms with Crippen LogP contribution in [0.1, 0.15) is 41.3 Å². The van der Waals surface area contributed by atoms with Gasteiger partial charge < -0.3 is 19.7 Å². The first-order valence-corrected chi connectivity index (χ1v) is 9.45. The van der Waals surface area contributed by atoms with E-state index in [0.29, 0.717) is 23.9 Å². The molecule has 1 atom stereocenters. The quantitative estimate of drug-likeness (QED) is 0.677. The maximum atomic E-state index is 10.2. The van der Waals surface area contributed by atoms with Gasteiger partial charge in [0.25, 0.3) is 0 Å². The first-order valence-electron chi connectivity index (χ1n) is 9.45. The summed E-state index contributed by atoms with van der Waals surface area (Å²) >= 11 is 0. The fraction of sp³-hybridized carbons (Fsp3) is 0.364. The number of fused-ring (bicyclic) bond motifs is 1. The molecule has 2 aliphatic rings. The number of phenols is 1. The molecule has 29 heavy (non-hydrogen) atoms. The summed E-state index contributed by atoms with van der Waals surface area (Å²) in [5.41, 5.74) is 3.72. The number of phenolic OH excluding ortho intramolecular Hbond substituents is 1. The molecule has 7 heteroatoms. The number of hydrogen-bond donors (Lipinski definition) is 3. The number of benzene rings is 1. The minimum atomic E-state index is -1.26. The summed E-state index contributed by atoms with van der Waals surface area (Å²) in [5.74, 6) is -1.02. The maximum Gasteiger partial charge on any atom is 0.328 e. The van der Waals surface area contributed by atoms with E-state index in [1.165, 1.54) is 11.1 Å². The lowest BCUT2D eigenvalue weighted by molar-refractivity contribution is -0.134. The topological polar surface area (TPSA) is 111 Å². The largest absolute Gasteiger partial charge is 0.508 e. The minimum Gasteiger partial charge on any atom is -0.508 e. The van der Waals surface area contributed by atoms with Gasteiger partial charge in [0.2, 0.25) is 0 Å². The minimum absolute atomic E-state index is 0.0924. The monoisotopic (exact) mass is 399 g/mol. The van der Waals surface area contributed by atoms with Crippen molar-refractivity contribution in [3.8, 4) is 5.75 Å². The molecule has 154 valence electrons. The molecule has 1 fully saturated rings. The molecule has 1 saturated carbocycles. The molecule has 4 rings (SSSR count). The standard InChI is InChI=1S/C18H21NO2.C4H4O4/c1-12-10-13-5-8-19(2)17(14(13)11-15(12)20)18(6-7-18)16-4-3-9-21-16;5-3(6)1-2-4(7)8/h3-4,9-11,17,20H,5-8H2,1-2H3;1-2H,(H,5,6)(H,7,8)/b;2-1-. The summed E-state index contributed by atoms with van der Waals surface area (Å²) in [6.07, 6.45) is 6.25. The maximum absolute atomic E-state index is 10.2. The number of nitrogens with zero attached hydrogens (tertiary/aromatic N) is 1. The molecule has 1 aliphatic heterocycles. The molecular weight excluding hydrogens is 374 g/mol. The van der Waals surface area contributed by atoms with Gasteiger partial charge in [-0.1, -0.05) is 6.07 Å². The van der Waals surface area contributed by atoms with E-state index in [-0.39, 0.29) is 5.41 Å². The highest BCUT2D eigenvalue weighted by Gasteiger charge is 2.56. The van der Waals surface area contributed by atoms with Crippen molar-refractivity contribution in [3.63, 3.8) is 0 Å². The molecule has 2 heterocycles. The fourth-order valence-corrected chi connectivity index (χ4v) is 4.12. The molecule has 1 aromatic carbocycles. The van der Waals surface area contributed by atoms with Crippen LogP contribution in [0.3, 0.4) is 0 Å². The van der Waals surface area contributed by atoms with Gasteiger partial charge >= 0.3 is 11.9 Å². The van der Waals surface area contributed by atoms with Crippen molar-refractivity contribution in [2.45, 2.75) is 37.6 Å². The van der Waals surface area contributed by atoms with E-state index in [1.807, 2.05) is 19.1 Å². The van der Waals surface area contributed by atoms with Crippen LogP contribution < -0.4 is 0 Å². The van der Waals surface area contributed by atoms with Crippen LogP contribution in [0.15, 0.2) is 47.1 Å². The summed E-state index contributed by atoms with van der Waals surface area (Å²) in [6.45, 7) is 3.03. The van der Waals surface area contributed by atoms with Crippen LogP contribution in [0.4, 0.5) is 0 Å².